The molecule has 1 amide bonds. The average Bonchev–Trinajstić information content (AvgIpc) is 2.91. The molecule has 1 aromatic heterocycles. The molecule has 0 radical (unpaired) electrons. The van der Waals surface area contributed by atoms with Gasteiger partial charge in [0, 0.05) is 19.0 Å². The highest BCUT2D eigenvalue weighted by atomic mass is 32.2. The Balaban J connectivity index is 1.81. The molecule has 0 spiro atoms. The summed E-state index contributed by atoms with van der Waals surface area (Å²) in [5.41, 5.74) is 1.26. The van der Waals surface area contributed by atoms with Crippen LogP contribution in [0, 0.1) is 17.2 Å². The molecule has 0 bridgehead atoms. The van der Waals surface area contributed by atoms with E-state index in [4.69, 9.17) is 5.26 Å². The number of amides is 1. The second kappa shape index (κ2) is 7.18. The van der Waals surface area contributed by atoms with Crippen molar-refractivity contribution in [2.24, 2.45) is 5.92 Å². The molecular weight excluding hydrogens is 334 g/mol. The van der Waals surface area contributed by atoms with Crippen LogP contribution in [-0.4, -0.2) is 39.2 Å². The van der Waals surface area contributed by atoms with Crippen molar-refractivity contribution < 1.29 is 13.6 Å². The van der Waals surface area contributed by atoms with E-state index in [9.17, 15) is 13.6 Å². The Kier molecular flexibility index (Phi) is 5.00. The van der Waals surface area contributed by atoms with Crippen molar-refractivity contribution in [3.63, 3.8) is 0 Å². The number of aromatic nitrogens is 2. The zero-order valence-corrected chi connectivity index (χ0v) is 13.7. The molecule has 2 aromatic rings. The molecule has 3 rings (SSSR count). The van der Waals surface area contributed by atoms with E-state index in [-0.39, 0.29) is 23.5 Å². The zero-order chi connectivity index (χ0) is 17.1. The topological polar surface area (TPSA) is 61.9 Å². The summed E-state index contributed by atoms with van der Waals surface area (Å²) in [5, 5.41) is 9.07. The zero-order valence-electron chi connectivity index (χ0n) is 12.9. The number of carbonyl (C=O) groups is 1. The number of hydrogen-bond donors (Lipinski definition) is 0. The second-order valence-electron chi connectivity index (χ2n) is 5.63. The van der Waals surface area contributed by atoms with Gasteiger partial charge in [0.05, 0.1) is 17.1 Å². The second-order valence-corrected chi connectivity index (χ2v) is 6.59. The van der Waals surface area contributed by atoms with Crippen molar-refractivity contribution in [1.29, 1.82) is 5.26 Å². The van der Waals surface area contributed by atoms with Gasteiger partial charge in [0.25, 0.3) is 5.76 Å². The Morgan fingerprint density at radius 3 is 2.75 bits per heavy atom. The van der Waals surface area contributed by atoms with Crippen molar-refractivity contribution in [2.45, 2.75) is 30.3 Å². The van der Waals surface area contributed by atoms with Gasteiger partial charge in [0.15, 0.2) is 5.16 Å². The summed E-state index contributed by atoms with van der Waals surface area (Å²) in [6, 6.07) is 9.31. The number of carbonyl (C=O) groups excluding carboxylic acids is 1. The Labute approximate surface area is 142 Å². The number of benzene rings is 1. The van der Waals surface area contributed by atoms with E-state index in [1.807, 2.05) is 0 Å². The molecule has 1 fully saturated rings. The molecule has 24 heavy (non-hydrogen) atoms. The van der Waals surface area contributed by atoms with Crippen LogP contribution < -0.4 is 0 Å². The summed E-state index contributed by atoms with van der Waals surface area (Å²) in [6.45, 7) is 1.04. The number of fused-ring (bicyclic) bond motifs is 1. The van der Waals surface area contributed by atoms with E-state index < -0.39 is 5.76 Å². The minimum atomic E-state index is -2.60. The predicted molar refractivity (Wildman–Crippen MR) is 86.5 cm³/mol. The maximum absolute atomic E-state index is 12.8. The molecule has 126 valence electrons. The van der Waals surface area contributed by atoms with E-state index in [0.29, 0.717) is 48.7 Å². The van der Waals surface area contributed by atoms with E-state index in [2.05, 4.69) is 11.1 Å². The third-order valence-corrected chi connectivity index (χ3v) is 4.84. The summed E-state index contributed by atoms with van der Waals surface area (Å²) in [7, 11) is 0. The molecule has 1 saturated heterocycles. The van der Waals surface area contributed by atoms with E-state index >= 15 is 0 Å². The highest BCUT2D eigenvalue weighted by Crippen LogP contribution is 2.28. The molecule has 1 aromatic carbocycles. The van der Waals surface area contributed by atoms with Crippen LogP contribution in [0.15, 0.2) is 29.4 Å². The van der Waals surface area contributed by atoms with Crippen LogP contribution >= 0.6 is 11.8 Å². The number of halogens is 2. The van der Waals surface area contributed by atoms with Crippen LogP contribution in [-0.2, 0) is 11.3 Å². The summed E-state index contributed by atoms with van der Waals surface area (Å²) < 4.78 is 27.1. The van der Waals surface area contributed by atoms with Gasteiger partial charge < -0.3 is 9.47 Å². The molecular formula is C16H16F2N4OS. The summed E-state index contributed by atoms with van der Waals surface area (Å²) in [5.74, 6) is -2.74. The number of likely N-dealkylation sites (tertiary alicyclic amines) is 1. The number of nitriles is 1. The first-order valence-corrected chi connectivity index (χ1v) is 8.54. The first kappa shape index (κ1) is 16.7. The number of para-hydroxylation sites is 2. The van der Waals surface area contributed by atoms with Gasteiger partial charge in [-0.3, -0.25) is 4.79 Å². The van der Waals surface area contributed by atoms with Crippen LogP contribution in [0.4, 0.5) is 8.78 Å². The third-order valence-electron chi connectivity index (χ3n) is 4.14. The fraction of sp³-hybridized carbons (Fsp3) is 0.438. The van der Waals surface area contributed by atoms with Crippen molar-refractivity contribution >= 4 is 28.7 Å². The van der Waals surface area contributed by atoms with Crippen LogP contribution in [0.5, 0.6) is 0 Å². The molecule has 0 N–H and O–H groups in total. The lowest BCUT2D eigenvalue weighted by molar-refractivity contribution is -0.133. The largest absolute Gasteiger partial charge is 0.341 e. The van der Waals surface area contributed by atoms with Gasteiger partial charge in [-0.15, -0.1) is 0 Å². The molecule has 0 atom stereocenters. The highest BCUT2D eigenvalue weighted by molar-refractivity contribution is 7.99. The van der Waals surface area contributed by atoms with Gasteiger partial charge in [-0.25, -0.2) is 4.98 Å². The molecule has 0 unspecified atom stereocenters. The van der Waals surface area contributed by atoms with Crippen LogP contribution in [0.2, 0.25) is 0 Å². The van der Waals surface area contributed by atoms with Crippen LogP contribution in [0.3, 0.4) is 0 Å². The van der Waals surface area contributed by atoms with Crippen molar-refractivity contribution in [3.05, 3.63) is 24.3 Å². The minimum Gasteiger partial charge on any atom is -0.341 e. The fourth-order valence-electron chi connectivity index (χ4n) is 2.87. The number of thioether (sulfide) groups is 1. The van der Waals surface area contributed by atoms with E-state index in [0.717, 1.165) is 0 Å². The number of nitrogens with zero attached hydrogens (tertiary/aromatic N) is 4. The summed E-state index contributed by atoms with van der Waals surface area (Å²) in [4.78, 5) is 18.4. The smallest absolute Gasteiger partial charge is 0.291 e. The number of alkyl halides is 2. The maximum Gasteiger partial charge on any atom is 0.291 e. The normalized spacial score (nSPS) is 15.8. The molecule has 0 aliphatic carbocycles. The maximum atomic E-state index is 12.8. The van der Waals surface area contributed by atoms with Crippen molar-refractivity contribution in [2.75, 3.05) is 13.1 Å². The molecule has 2 heterocycles. The lowest BCUT2D eigenvalue weighted by Gasteiger charge is -2.29. The van der Waals surface area contributed by atoms with E-state index in [1.165, 1.54) is 0 Å². The third kappa shape index (κ3) is 3.51. The van der Waals surface area contributed by atoms with Gasteiger partial charge in [0.1, 0.15) is 6.54 Å². The Hall–Kier alpha value is -2.14. The average molecular weight is 350 g/mol. The number of hydrogen-bond acceptors (Lipinski definition) is 4. The molecule has 8 heteroatoms. The SMILES string of the molecule is N#CC1CCN(C(=O)Cn2c(SC(F)F)nc3ccccc32)CC1. The summed E-state index contributed by atoms with van der Waals surface area (Å²) >= 11 is 0.348. The highest BCUT2D eigenvalue weighted by Gasteiger charge is 2.24. The van der Waals surface area contributed by atoms with Gasteiger partial charge in [-0.05, 0) is 36.7 Å². The standard InChI is InChI=1S/C16H16F2N4OS/c17-15(18)24-16-20-12-3-1-2-4-13(12)22(16)10-14(23)21-7-5-11(9-19)6-8-21/h1-4,11,15H,5-8,10H2. The van der Waals surface area contributed by atoms with Gasteiger partial charge in [-0.1, -0.05) is 12.1 Å². The van der Waals surface area contributed by atoms with Crippen LogP contribution in [0.25, 0.3) is 11.0 Å². The number of rotatable bonds is 4. The lowest BCUT2D eigenvalue weighted by Crippen LogP contribution is -2.40. The Bertz CT molecular complexity index is 778. The fourth-order valence-corrected chi connectivity index (χ4v) is 3.47. The Morgan fingerprint density at radius 1 is 1.38 bits per heavy atom. The number of piperidine rings is 1. The lowest BCUT2D eigenvalue weighted by atomic mass is 9.99. The van der Waals surface area contributed by atoms with Crippen molar-refractivity contribution in [3.8, 4) is 6.07 Å². The van der Waals surface area contributed by atoms with Crippen molar-refractivity contribution in [1.82, 2.24) is 14.5 Å². The van der Waals surface area contributed by atoms with Gasteiger partial charge >= 0.3 is 0 Å². The van der Waals surface area contributed by atoms with Gasteiger partial charge in [-0.2, -0.15) is 14.0 Å². The molecule has 0 saturated carbocycles. The quantitative estimate of drug-likeness (QED) is 0.795. The van der Waals surface area contributed by atoms with E-state index in [1.54, 1.807) is 33.7 Å². The molecule has 1 aliphatic heterocycles. The predicted octanol–water partition coefficient (Wildman–Crippen LogP) is 3.11. The van der Waals surface area contributed by atoms with Gasteiger partial charge in [0.2, 0.25) is 5.91 Å². The van der Waals surface area contributed by atoms with Crippen LogP contribution in [0.1, 0.15) is 12.8 Å². The summed E-state index contributed by atoms with van der Waals surface area (Å²) in [6.07, 6.45) is 1.32. The Morgan fingerprint density at radius 2 is 2.08 bits per heavy atom. The minimum absolute atomic E-state index is 0.00641. The first-order valence-electron chi connectivity index (χ1n) is 7.66. The monoisotopic (exact) mass is 350 g/mol. The number of imidazole rings is 1. The molecule has 5 nitrogen and oxygen atoms in total. The first-order chi connectivity index (χ1) is 11.6. The molecule has 1 aliphatic rings.